The number of ether oxygens (including phenoxy) is 2. The van der Waals surface area contributed by atoms with Crippen molar-refractivity contribution in [2.45, 2.75) is 50.4 Å². The predicted octanol–water partition coefficient (Wildman–Crippen LogP) is 4.85. The van der Waals surface area contributed by atoms with E-state index >= 15 is 0 Å². The van der Waals surface area contributed by atoms with Crippen molar-refractivity contribution in [2.75, 3.05) is 19.1 Å². The number of hydrogen-bond acceptors (Lipinski definition) is 5. The topological polar surface area (TPSA) is 67.9 Å². The van der Waals surface area contributed by atoms with Gasteiger partial charge in [-0.25, -0.2) is 0 Å². The molecule has 10 heteroatoms. The van der Waals surface area contributed by atoms with Crippen LogP contribution in [0.3, 0.4) is 0 Å². The molecule has 1 N–H and O–H groups in total. The molecular formula is C22H25F3N2O4S. The second-order valence-electron chi connectivity index (χ2n) is 7.47. The Labute approximate surface area is 188 Å². The molecular weight excluding hydrogens is 445 g/mol. The molecule has 1 fully saturated rings. The fourth-order valence-corrected chi connectivity index (χ4v) is 4.66. The van der Waals surface area contributed by atoms with Crippen LogP contribution in [0.2, 0.25) is 0 Å². The first-order valence-electron chi connectivity index (χ1n) is 10.2. The van der Waals surface area contributed by atoms with Gasteiger partial charge >= 0.3 is 12.1 Å². The molecule has 0 spiro atoms. The van der Waals surface area contributed by atoms with Gasteiger partial charge < -0.3 is 14.8 Å². The number of benzene rings is 1. The van der Waals surface area contributed by atoms with Gasteiger partial charge in [0.25, 0.3) is 0 Å². The van der Waals surface area contributed by atoms with E-state index in [1.807, 2.05) is 0 Å². The minimum atomic E-state index is -5.19. The Bertz CT molecular complexity index is 928. The van der Waals surface area contributed by atoms with Gasteiger partial charge in [-0.3, -0.25) is 14.5 Å². The van der Waals surface area contributed by atoms with Crippen molar-refractivity contribution in [3.63, 3.8) is 0 Å². The lowest BCUT2D eigenvalue weighted by atomic mass is 9.95. The lowest BCUT2D eigenvalue weighted by Gasteiger charge is -2.33. The quantitative estimate of drug-likeness (QED) is 0.628. The number of methoxy groups -OCH3 is 2. The molecule has 1 aliphatic rings. The molecule has 1 aromatic carbocycles. The number of rotatable bonds is 7. The highest BCUT2D eigenvalue weighted by molar-refractivity contribution is 7.10. The van der Waals surface area contributed by atoms with Crippen LogP contribution >= 0.6 is 11.3 Å². The highest BCUT2D eigenvalue weighted by Gasteiger charge is 2.48. The van der Waals surface area contributed by atoms with Gasteiger partial charge in [0.2, 0.25) is 5.91 Å². The molecule has 2 aromatic rings. The number of amides is 2. The number of alkyl halides is 3. The number of carbonyl (C=O) groups excluding carboxylic acids is 2. The maximum absolute atomic E-state index is 13.7. The highest BCUT2D eigenvalue weighted by Crippen LogP contribution is 2.38. The van der Waals surface area contributed by atoms with Gasteiger partial charge in [-0.15, -0.1) is 11.3 Å². The third-order valence-electron chi connectivity index (χ3n) is 5.38. The van der Waals surface area contributed by atoms with Gasteiger partial charge in [0.05, 0.1) is 14.2 Å². The van der Waals surface area contributed by atoms with Crippen molar-refractivity contribution < 1.29 is 32.2 Å². The molecule has 1 aromatic heterocycles. The van der Waals surface area contributed by atoms with Gasteiger partial charge in [0.1, 0.15) is 0 Å². The summed E-state index contributed by atoms with van der Waals surface area (Å²) in [5, 5.41) is 4.52. The van der Waals surface area contributed by atoms with E-state index in [-0.39, 0.29) is 23.2 Å². The van der Waals surface area contributed by atoms with Crippen LogP contribution in [0.1, 0.15) is 43.0 Å². The summed E-state index contributed by atoms with van der Waals surface area (Å²) < 4.78 is 51.3. The maximum atomic E-state index is 13.7. The lowest BCUT2D eigenvalue weighted by Crippen LogP contribution is -2.50. The van der Waals surface area contributed by atoms with Crippen LogP contribution in [-0.2, 0) is 9.59 Å². The molecule has 1 heterocycles. The molecule has 2 amide bonds. The van der Waals surface area contributed by atoms with Crippen LogP contribution in [0.25, 0.3) is 0 Å². The average Bonchev–Trinajstić information content (AvgIpc) is 3.30. The molecule has 1 atom stereocenters. The first-order valence-corrected chi connectivity index (χ1v) is 11.1. The van der Waals surface area contributed by atoms with Gasteiger partial charge in [0.15, 0.2) is 17.5 Å². The molecule has 0 radical (unpaired) electrons. The van der Waals surface area contributed by atoms with Crippen LogP contribution in [0, 0.1) is 0 Å². The summed E-state index contributed by atoms with van der Waals surface area (Å²) >= 11 is 1.11. The van der Waals surface area contributed by atoms with Crippen LogP contribution in [-0.4, -0.2) is 38.3 Å². The van der Waals surface area contributed by atoms with E-state index in [2.05, 4.69) is 5.32 Å². The van der Waals surface area contributed by atoms with E-state index < -0.39 is 24.0 Å². The maximum Gasteiger partial charge on any atom is 0.471 e. The van der Waals surface area contributed by atoms with Crippen molar-refractivity contribution in [1.29, 1.82) is 0 Å². The van der Waals surface area contributed by atoms with Crippen molar-refractivity contribution in [2.24, 2.45) is 0 Å². The Balaban J connectivity index is 2.07. The summed E-state index contributed by atoms with van der Waals surface area (Å²) in [5.41, 5.74) is -0.123. The monoisotopic (exact) mass is 470 g/mol. The van der Waals surface area contributed by atoms with Crippen LogP contribution in [0.5, 0.6) is 11.5 Å². The highest BCUT2D eigenvalue weighted by atomic mass is 32.1. The summed E-state index contributed by atoms with van der Waals surface area (Å²) in [6, 6.07) is 5.53. The Kier molecular flexibility index (Phi) is 7.65. The number of anilines is 1. The second-order valence-corrected chi connectivity index (χ2v) is 8.45. The first kappa shape index (κ1) is 23.9. The summed E-state index contributed by atoms with van der Waals surface area (Å²) in [5.74, 6) is -2.36. The Morgan fingerprint density at radius 2 is 1.78 bits per heavy atom. The van der Waals surface area contributed by atoms with E-state index in [0.717, 1.165) is 43.4 Å². The fraction of sp³-hybridized carbons (Fsp3) is 0.455. The van der Waals surface area contributed by atoms with Crippen molar-refractivity contribution in [3.8, 4) is 11.5 Å². The summed E-state index contributed by atoms with van der Waals surface area (Å²) in [6.07, 6.45) is -0.733. The first-order chi connectivity index (χ1) is 15.3. The van der Waals surface area contributed by atoms with E-state index in [4.69, 9.17) is 9.47 Å². The van der Waals surface area contributed by atoms with Crippen molar-refractivity contribution >= 4 is 28.8 Å². The number of hydrogen-bond donors (Lipinski definition) is 1. The van der Waals surface area contributed by atoms with Gasteiger partial charge in [-0.1, -0.05) is 25.3 Å². The smallest absolute Gasteiger partial charge is 0.471 e. The standard InChI is InChI=1S/C22H25F3N2O4S/c1-30-16-11-10-15(13-17(16)31-2)27(21(29)22(23,24)25)19(18-9-6-12-32-18)20(28)26-14-7-4-3-5-8-14/h6,9-14,19H,3-5,7-8H2,1-2H3,(H,26,28)/t19-/m1/s1. The van der Waals surface area contributed by atoms with Crippen molar-refractivity contribution in [3.05, 3.63) is 40.6 Å². The molecule has 1 aliphatic carbocycles. The van der Waals surface area contributed by atoms with Crippen molar-refractivity contribution in [1.82, 2.24) is 5.32 Å². The Morgan fingerprint density at radius 3 is 2.34 bits per heavy atom. The number of carbonyl (C=O) groups is 2. The zero-order valence-corrected chi connectivity index (χ0v) is 18.6. The number of halogens is 3. The zero-order chi connectivity index (χ0) is 23.3. The average molecular weight is 471 g/mol. The van der Waals surface area contributed by atoms with Gasteiger partial charge in [-0.2, -0.15) is 13.2 Å². The number of nitrogens with zero attached hydrogens (tertiary/aromatic N) is 1. The molecule has 32 heavy (non-hydrogen) atoms. The largest absolute Gasteiger partial charge is 0.493 e. The predicted molar refractivity (Wildman–Crippen MR) is 115 cm³/mol. The van der Waals surface area contributed by atoms with Crippen LogP contribution < -0.4 is 19.7 Å². The SMILES string of the molecule is COc1ccc(N(C(=O)C(F)(F)F)[C@@H](C(=O)NC2CCCCC2)c2cccs2)cc1OC. The summed E-state index contributed by atoms with van der Waals surface area (Å²) in [7, 11) is 2.73. The van der Waals surface area contributed by atoms with E-state index in [0.29, 0.717) is 9.78 Å². The lowest BCUT2D eigenvalue weighted by molar-refractivity contribution is -0.171. The number of nitrogens with one attached hydrogen (secondary N) is 1. The van der Waals surface area contributed by atoms with Gasteiger partial charge in [0, 0.05) is 22.7 Å². The number of thiophene rings is 1. The zero-order valence-electron chi connectivity index (χ0n) is 17.8. The fourth-order valence-electron chi connectivity index (χ4n) is 3.84. The Morgan fingerprint density at radius 1 is 1.09 bits per heavy atom. The minimum absolute atomic E-state index is 0.123. The van der Waals surface area contributed by atoms with E-state index in [9.17, 15) is 22.8 Å². The minimum Gasteiger partial charge on any atom is -0.493 e. The van der Waals surface area contributed by atoms with E-state index in [1.165, 1.54) is 32.4 Å². The molecule has 0 unspecified atom stereocenters. The Hall–Kier alpha value is -2.75. The third-order valence-corrected chi connectivity index (χ3v) is 6.30. The summed E-state index contributed by atoms with van der Waals surface area (Å²) in [4.78, 5) is 26.7. The summed E-state index contributed by atoms with van der Waals surface area (Å²) in [6.45, 7) is 0. The molecule has 6 nitrogen and oxygen atoms in total. The molecule has 174 valence electrons. The van der Waals surface area contributed by atoms with Gasteiger partial charge in [-0.05, 0) is 36.4 Å². The molecule has 0 saturated heterocycles. The third kappa shape index (κ3) is 5.35. The molecule has 0 aliphatic heterocycles. The molecule has 1 saturated carbocycles. The second kappa shape index (κ2) is 10.2. The van der Waals surface area contributed by atoms with Crippen LogP contribution in [0.4, 0.5) is 18.9 Å². The molecule has 0 bridgehead atoms. The molecule has 3 rings (SSSR count). The van der Waals surface area contributed by atoms with E-state index in [1.54, 1.807) is 17.5 Å². The normalized spacial score (nSPS) is 15.7. The van der Waals surface area contributed by atoms with Crippen LogP contribution in [0.15, 0.2) is 35.7 Å².